The first-order valence-electron chi connectivity index (χ1n) is 5.48. The van der Waals surface area contributed by atoms with E-state index in [1.807, 2.05) is 0 Å². The van der Waals surface area contributed by atoms with Crippen LogP contribution >= 0.6 is 0 Å². The van der Waals surface area contributed by atoms with E-state index in [0.717, 1.165) is 6.92 Å². The van der Waals surface area contributed by atoms with Crippen molar-refractivity contribution in [1.29, 1.82) is 0 Å². The normalized spacial score (nSPS) is 12.6. The molecule has 0 heterocycles. The molecule has 110 valence electrons. The highest BCUT2D eigenvalue weighted by molar-refractivity contribution is 5.83. The molecule has 0 saturated heterocycles. The van der Waals surface area contributed by atoms with Gasteiger partial charge in [-0.25, -0.2) is 4.79 Å². The van der Waals surface area contributed by atoms with Crippen LogP contribution in [-0.2, 0) is 9.59 Å². The number of carboxylic acids is 1. The SMILES string of the molecule is CC(=O)NC(C(=O)O)c1ccc(OCC(F)(F)F)cc1. The molecule has 0 aromatic heterocycles. The van der Waals surface area contributed by atoms with E-state index in [0.29, 0.717) is 0 Å². The Morgan fingerprint density at radius 3 is 2.25 bits per heavy atom. The monoisotopic (exact) mass is 291 g/mol. The van der Waals surface area contributed by atoms with Crippen molar-refractivity contribution < 1.29 is 32.6 Å². The predicted molar refractivity (Wildman–Crippen MR) is 62.2 cm³/mol. The molecule has 1 aromatic carbocycles. The molecule has 0 fully saturated rings. The molecule has 0 bridgehead atoms. The maximum absolute atomic E-state index is 11.9. The van der Waals surface area contributed by atoms with Gasteiger partial charge in [-0.15, -0.1) is 0 Å². The van der Waals surface area contributed by atoms with Gasteiger partial charge in [0, 0.05) is 6.92 Å². The quantitative estimate of drug-likeness (QED) is 0.868. The summed E-state index contributed by atoms with van der Waals surface area (Å²) in [4.78, 5) is 21.9. The van der Waals surface area contributed by atoms with Crippen LogP contribution < -0.4 is 10.1 Å². The Kier molecular flexibility index (Phi) is 4.95. The Balaban J connectivity index is 2.78. The molecule has 1 aromatic rings. The van der Waals surface area contributed by atoms with Crippen LogP contribution in [0, 0.1) is 0 Å². The highest BCUT2D eigenvalue weighted by atomic mass is 19.4. The van der Waals surface area contributed by atoms with E-state index in [-0.39, 0.29) is 11.3 Å². The Bertz CT molecular complexity index is 484. The molecule has 5 nitrogen and oxygen atoms in total. The number of amides is 1. The molecule has 8 heteroatoms. The molecule has 1 unspecified atom stereocenters. The number of halogens is 3. The molecule has 20 heavy (non-hydrogen) atoms. The summed E-state index contributed by atoms with van der Waals surface area (Å²) in [5, 5.41) is 11.2. The van der Waals surface area contributed by atoms with Crippen LogP contribution in [0.5, 0.6) is 5.75 Å². The van der Waals surface area contributed by atoms with E-state index in [1.54, 1.807) is 0 Å². The fourth-order valence-electron chi connectivity index (χ4n) is 1.41. The van der Waals surface area contributed by atoms with Crippen molar-refractivity contribution >= 4 is 11.9 Å². The van der Waals surface area contributed by atoms with Crippen molar-refractivity contribution in [2.45, 2.75) is 19.1 Å². The second kappa shape index (κ2) is 6.27. The van der Waals surface area contributed by atoms with Crippen molar-refractivity contribution in [3.05, 3.63) is 29.8 Å². The number of hydrogen-bond acceptors (Lipinski definition) is 3. The van der Waals surface area contributed by atoms with Gasteiger partial charge in [-0.3, -0.25) is 4.79 Å². The average Bonchev–Trinajstić information content (AvgIpc) is 2.33. The number of hydrogen-bond donors (Lipinski definition) is 2. The summed E-state index contributed by atoms with van der Waals surface area (Å²) in [7, 11) is 0. The van der Waals surface area contributed by atoms with Crippen molar-refractivity contribution in [3.63, 3.8) is 0 Å². The zero-order valence-corrected chi connectivity index (χ0v) is 10.4. The van der Waals surface area contributed by atoms with Gasteiger partial charge in [0.1, 0.15) is 5.75 Å². The summed E-state index contributed by atoms with van der Waals surface area (Å²) in [5.74, 6) is -1.85. The molecule has 0 aliphatic carbocycles. The first-order valence-corrected chi connectivity index (χ1v) is 5.48. The first-order chi connectivity index (χ1) is 9.19. The summed E-state index contributed by atoms with van der Waals surface area (Å²) >= 11 is 0. The second-order valence-corrected chi connectivity index (χ2v) is 3.94. The van der Waals surface area contributed by atoms with Crippen LogP contribution in [0.2, 0.25) is 0 Å². The minimum Gasteiger partial charge on any atom is -0.484 e. The lowest BCUT2D eigenvalue weighted by Crippen LogP contribution is -2.31. The van der Waals surface area contributed by atoms with Gasteiger partial charge in [-0.1, -0.05) is 12.1 Å². The molecule has 0 aliphatic heterocycles. The van der Waals surface area contributed by atoms with Crippen molar-refractivity contribution in [2.75, 3.05) is 6.61 Å². The van der Waals surface area contributed by atoms with Gasteiger partial charge in [0.2, 0.25) is 5.91 Å². The van der Waals surface area contributed by atoms with Gasteiger partial charge in [0.25, 0.3) is 0 Å². The van der Waals surface area contributed by atoms with Gasteiger partial charge >= 0.3 is 12.1 Å². The van der Waals surface area contributed by atoms with Crippen molar-refractivity contribution in [3.8, 4) is 5.75 Å². The van der Waals surface area contributed by atoms with Gasteiger partial charge in [-0.05, 0) is 17.7 Å². The van der Waals surface area contributed by atoms with E-state index in [2.05, 4.69) is 10.1 Å². The number of carboxylic acid groups (broad SMARTS) is 1. The smallest absolute Gasteiger partial charge is 0.422 e. The summed E-state index contributed by atoms with van der Waals surface area (Å²) < 4.78 is 40.3. The Labute approximate surface area is 112 Å². The van der Waals surface area contributed by atoms with E-state index in [1.165, 1.54) is 24.3 Å². The zero-order valence-electron chi connectivity index (χ0n) is 10.4. The number of alkyl halides is 3. The fourth-order valence-corrected chi connectivity index (χ4v) is 1.41. The van der Waals surface area contributed by atoms with Crippen LogP contribution in [-0.4, -0.2) is 29.8 Å². The molecule has 0 saturated carbocycles. The molecule has 0 aliphatic rings. The summed E-state index contributed by atoms with van der Waals surface area (Å²) in [6.45, 7) is -0.267. The van der Waals surface area contributed by atoms with Gasteiger partial charge < -0.3 is 15.2 Å². The highest BCUT2D eigenvalue weighted by Crippen LogP contribution is 2.21. The lowest BCUT2D eigenvalue weighted by molar-refractivity contribution is -0.153. The third-order valence-electron chi connectivity index (χ3n) is 2.21. The number of benzene rings is 1. The van der Waals surface area contributed by atoms with E-state index >= 15 is 0 Å². The maximum atomic E-state index is 11.9. The Hall–Kier alpha value is -2.25. The summed E-state index contributed by atoms with van der Waals surface area (Å²) in [6.07, 6.45) is -4.45. The van der Waals surface area contributed by atoms with Crippen LogP contribution in [0.25, 0.3) is 0 Å². The third kappa shape index (κ3) is 5.17. The number of ether oxygens (including phenoxy) is 1. The molecule has 0 spiro atoms. The van der Waals surface area contributed by atoms with Gasteiger partial charge in [0.05, 0.1) is 0 Å². The standard InChI is InChI=1S/C12H12F3NO4/c1-7(17)16-10(11(18)19)8-2-4-9(5-3-8)20-6-12(13,14)15/h2-5,10H,6H2,1H3,(H,16,17)(H,18,19). The predicted octanol–water partition coefficient (Wildman–Crippen LogP) is 1.89. The average molecular weight is 291 g/mol. The molecule has 0 radical (unpaired) electrons. The Morgan fingerprint density at radius 2 is 1.85 bits per heavy atom. The van der Waals surface area contributed by atoms with E-state index < -0.39 is 30.7 Å². The maximum Gasteiger partial charge on any atom is 0.422 e. The topological polar surface area (TPSA) is 75.6 Å². The zero-order chi connectivity index (χ0) is 15.3. The number of nitrogens with one attached hydrogen (secondary N) is 1. The van der Waals surface area contributed by atoms with Crippen LogP contribution in [0.3, 0.4) is 0 Å². The molecule has 1 atom stereocenters. The van der Waals surface area contributed by atoms with Crippen LogP contribution in [0.4, 0.5) is 13.2 Å². The van der Waals surface area contributed by atoms with E-state index in [4.69, 9.17) is 5.11 Å². The third-order valence-corrected chi connectivity index (χ3v) is 2.21. The molecule has 2 N–H and O–H groups in total. The van der Waals surface area contributed by atoms with Gasteiger partial charge in [-0.2, -0.15) is 13.2 Å². The lowest BCUT2D eigenvalue weighted by atomic mass is 10.1. The lowest BCUT2D eigenvalue weighted by Gasteiger charge is -2.14. The minimum absolute atomic E-state index is 0.0435. The molecule has 1 rings (SSSR count). The van der Waals surface area contributed by atoms with E-state index in [9.17, 15) is 22.8 Å². The largest absolute Gasteiger partial charge is 0.484 e. The molecular formula is C12H12F3NO4. The van der Waals surface area contributed by atoms with Crippen LogP contribution in [0.1, 0.15) is 18.5 Å². The van der Waals surface area contributed by atoms with Crippen LogP contribution in [0.15, 0.2) is 24.3 Å². The number of carbonyl (C=O) groups excluding carboxylic acids is 1. The fraction of sp³-hybridized carbons (Fsp3) is 0.333. The summed E-state index contributed by atoms with van der Waals surface area (Å²) in [5.41, 5.74) is 0.229. The van der Waals surface area contributed by atoms with Crippen molar-refractivity contribution in [1.82, 2.24) is 5.32 Å². The Morgan fingerprint density at radius 1 is 1.30 bits per heavy atom. The first kappa shape index (κ1) is 15.8. The number of aliphatic carboxylic acids is 1. The second-order valence-electron chi connectivity index (χ2n) is 3.94. The molecule has 1 amide bonds. The molecular weight excluding hydrogens is 279 g/mol. The highest BCUT2D eigenvalue weighted by Gasteiger charge is 2.28. The minimum atomic E-state index is -4.45. The summed E-state index contributed by atoms with van der Waals surface area (Å²) in [6, 6.07) is 3.71. The van der Waals surface area contributed by atoms with Crippen molar-refractivity contribution in [2.24, 2.45) is 0 Å². The van der Waals surface area contributed by atoms with Gasteiger partial charge in [0.15, 0.2) is 12.6 Å². The number of carbonyl (C=O) groups is 2. The number of rotatable bonds is 5.